The molecular formula is C10H20Br2O. The Hall–Kier alpha value is 0.920. The zero-order chi connectivity index (χ0) is 10.4. The normalized spacial score (nSPS) is 16.6. The molecule has 0 fully saturated rings. The molecule has 0 bridgehead atoms. The molecule has 1 nitrogen and oxygen atoms in total. The summed E-state index contributed by atoms with van der Waals surface area (Å²) in [4.78, 5) is 0. The van der Waals surface area contributed by atoms with Gasteiger partial charge in [0.05, 0.1) is 12.2 Å². The van der Waals surface area contributed by atoms with Crippen LogP contribution in [0.1, 0.15) is 27.7 Å². The molecule has 0 aliphatic carbocycles. The number of halogens is 2. The lowest BCUT2D eigenvalue weighted by molar-refractivity contribution is -0.0305. The molecule has 80 valence electrons. The van der Waals surface area contributed by atoms with Crippen molar-refractivity contribution in [3.05, 3.63) is 0 Å². The van der Waals surface area contributed by atoms with Crippen LogP contribution < -0.4 is 0 Å². The summed E-state index contributed by atoms with van der Waals surface area (Å²) in [5, 5.41) is 1.84. The first-order chi connectivity index (χ1) is 6.02. The maximum atomic E-state index is 5.98. The van der Waals surface area contributed by atoms with E-state index in [1.807, 2.05) is 0 Å². The van der Waals surface area contributed by atoms with Crippen molar-refractivity contribution >= 4 is 31.9 Å². The molecule has 0 saturated carbocycles. The lowest BCUT2D eigenvalue weighted by Gasteiger charge is -2.27. The van der Waals surface area contributed by atoms with E-state index >= 15 is 0 Å². The van der Waals surface area contributed by atoms with Crippen LogP contribution in [0, 0.1) is 11.8 Å². The van der Waals surface area contributed by atoms with Gasteiger partial charge in [0, 0.05) is 10.7 Å². The largest absolute Gasteiger partial charge is 0.373 e. The molecule has 0 saturated heterocycles. The Morgan fingerprint density at radius 1 is 0.846 bits per heavy atom. The highest BCUT2D eigenvalue weighted by atomic mass is 79.9. The fourth-order valence-corrected chi connectivity index (χ4v) is 2.77. The summed E-state index contributed by atoms with van der Waals surface area (Å²) in [5.74, 6) is 1.14. The Balaban J connectivity index is 4.03. The van der Waals surface area contributed by atoms with Crippen molar-refractivity contribution in [3.8, 4) is 0 Å². The molecule has 0 N–H and O–H groups in total. The third-order valence-corrected chi connectivity index (χ3v) is 3.42. The van der Waals surface area contributed by atoms with Crippen LogP contribution in [-0.4, -0.2) is 22.9 Å². The van der Waals surface area contributed by atoms with Gasteiger partial charge in [0.25, 0.3) is 0 Å². The number of rotatable bonds is 6. The van der Waals surface area contributed by atoms with Gasteiger partial charge in [-0.15, -0.1) is 0 Å². The van der Waals surface area contributed by atoms with Gasteiger partial charge in [-0.2, -0.15) is 0 Å². The van der Waals surface area contributed by atoms with Crippen molar-refractivity contribution in [1.29, 1.82) is 0 Å². The van der Waals surface area contributed by atoms with E-state index in [1.54, 1.807) is 0 Å². The molecule has 0 heterocycles. The highest BCUT2D eigenvalue weighted by Gasteiger charge is 2.20. The summed E-state index contributed by atoms with van der Waals surface area (Å²) in [6.45, 7) is 8.77. The molecule has 0 spiro atoms. The summed E-state index contributed by atoms with van der Waals surface area (Å²) in [6, 6.07) is 0. The van der Waals surface area contributed by atoms with E-state index < -0.39 is 0 Å². The Morgan fingerprint density at radius 2 is 1.15 bits per heavy atom. The van der Waals surface area contributed by atoms with E-state index in [1.165, 1.54) is 0 Å². The van der Waals surface area contributed by atoms with Crippen LogP contribution in [0.4, 0.5) is 0 Å². The van der Waals surface area contributed by atoms with Gasteiger partial charge in [-0.1, -0.05) is 59.6 Å². The molecule has 0 radical (unpaired) electrons. The second kappa shape index (κ2) is 7.24. The molecule has 0 aromatic carbocycles. The first-order valence-electron chi connectivity index (χ1n) is 4.80. The van der Waals surface area contributed by atoms with Gasteiger partial charge in [0.15, 0.2) is 0 Å². The molecule has 0 aliphatic rings. The molecule has 3 heteroatoms. The zero-order valence-corrected chi connectivity index (χ0v) is 12.1. The summed E-state index contributed by atoms with van der Waals surface area (Å²) < 4.78 is 5.98. The molecule has 0 aromatic heterocycles. The summed E-state index contributed by atoms with van der Waals surface area (Å²) in [5.41, 5.74) is 0. The number of hydrogen-bond donors (Lipinski definition) is 0. The van der Waals surface area contributed by atoms with Crippen LogP contribution in [0.5, 0.6) is 0 Å². The minimum absolute atomic E-state index is 0.324. The standard InChI is InChI=1S/C10H20Br2O/c1-7(2)9(5-11)13-10(6-12)8(3)4/h7-10H,5-6H2,1-4H3. The topological polar surface area (TPSA) is 9.23 Å². The number of alkyl halides is 2. The van der Waals surface area contributed by atoms with Crippen LogP contribution in [0.2, 0.25) is 0 Å². The zero-order valence-electron chi connectivity index (χ0n) is 8.89. The van der Waals surface area contributed by atoms with Crippen molar-refractivity contribution < 1.29 is 4.74 Å². The predicted molar refractivity (Wildman–Crippen MR) is 65.9 cm³/mol. The maximum absolute atomic E-state index is 5.98. The molecule has 0 rings (SSSR count). The van der Waals surface area contributed by atoms with Gasteiger partial charge >= 0.3 is 0 Å². The summed E-state index contributed by atoms with van der Waals surface area (Å²) in [7, 11) is 0. The van der Waals surface area contributed by atoms with Gasteiger partial charge in [-0.05, 0) is 11.8 Å². The SMILES string of the molecule is CC(C)C(CBr)OC(CBr)C(C)C. The molecule has 2 unspecified atom stereocenters. The molecule has 0 aromatic rings. The highest BCUT2D eigenvalue weighted by Crippen LogP contribution is 2.17. The summed E-state index contributed by atoms with van der Waals surface area (Å²) in [6.07, 6.45) is 0.648. The average molecular weight is 316 g/mol. The van der Waals surface area contributed by atoms with E-state index in [9.17, 15) is 0 Å². The first kappa shape index (κ1) is 13.9. The van der Waals surface area contributed by atoms with Gasteiger partial charge in [-0.3, -0.25) is 0 Å². The monoisotopic (exact) mass is 314 g/mol. The second-order valence-electron chi connectivity index (χ2n) is 4.01. The minimum Gasteiger partial charge on any atom is -0.373 e. The van der Waals surface area contributed by atoms with Gasteiger partial charge in [0.2, 0.25) is 0 Å². The van der Waals surface area contributed by atoms with Crippen molar-refractivity contribution in [2.75, 3.05) is 10.7 Å². The van der Waals surface area contributed by atoms with Crippen molar-refractivity contribution in [3.63, 3.8) is 0 Å². The third-order valence-electron chi connectivity index (χ3n) is 2.14. The van der Waals surface area contributed by atoms with Crippen LogP contribution in [0.3, 0.4) is 0 Å². The molecule has 0 aliphatic heterocycles. The maximum Gasteiger partial charge on any atom is 0.0698 e. The lowest BCUT2D eigenvalue weighted by atomic mass is 10.1. The van der Waals surface area contributed by atoms with Crippen molar-refractivity contribution in [1.82, 2.24) is 0 Å². The van der Waals surface area contributed by atoms with Crippen LogP contribution >= 0.6 is 31.9 Å². The average Bonchev–Trinajstić information content (AvgIpc) is 2.05. The third kappa shape index (κ3) is 5.38. The molecule has 2 atom stereocenters. The van der Waals surface area contributed by atoms with Crippen molar-refractivity contribution in [2.24, 2.45) is 11.8 Å². The Morgan fingerprint density at radius 3 is 1.31 bits per heavy atom. The molecule has 13 heavy (non-hydrogen) atoms. The Labute approximate surface area is 98.9 Å². The van der Waals surface area contributed by atoms with E-state index in [4.69, 9.17) is 4.74 Å². The predicted octanol–water partition coefficient (Wildman–Crippen LogP) is 3.84. The molecular weight excluding hydrogens is 296 g/mol. The smallest absolute Gasteiger partial charge is 0.0698 e. The fourth-order valence-electron chi connectivity index (χ4n) is 0.968. The first-order valence-corrected chi connectivity index (χ1v) is 7.04. The van der Waals surface area contributed by atoms with E-state index in [0.717, 1.165) is 10.7 Å². The Bertz CT molecular complexity index is 112. The van der Waals surface area contributed by atoms with E-state index in [2.05, 4.69) is 59.6 Å². The molecule has 0 amide bonds. The van der Waals surface area contributed by atoms with E-state index in [-0.39, 0.29) is 0 Å². The lowest BCUT2D eigenvalue weighted by Crippen LogP contribution is -2.32. The minimum atomic E-state index is 0.324. The Kier molecular flexibility index (Phi) is 7.76. The second-order valence-corrected chi connectivity index (χ2v) is 5.30. The fraction of sp³-hybridized carbons (Fsp3) is 1.00. The van der Waals surface area contributed by atoms with Crippen LogP contribution in [0.25, 0.3) is 0 Å². The highest BCUT2D eigenvalue weighted by molar-refractivity contribution is 9.09. The summed E-state index contributed by atoms with van der Waals surface area (Å²) >= 11 is 6.97. The van der Waals surface area contributed by atoms with Gasteiger partial charge in [0.1, 0.15) is 0 Å². The quantitative estimate of drug-likeness (QED) is 0.677. The van der Waals surface area contributed by atoms with Gasteiger partial charge < -0.3 is 4.74 Å². The van der Waals surface area contributed by atoms with Gasteiger partial charge in [-0.25, -0.2) is 0 Å². The number of ether oxygens (including phenoxy) is 1. The number of hydrogen-bond acceptors (Lipinski definition) is 1. The van der Waals surface area contributed by atoms with E-state index in [0.29, 0.717) is 24.0 Å². The van der Waals surface area contributed by atoms with Crippen LogP contribution in [0.15, 0.2) is 0 Å². The van der Waals surface area contributed by atoms with Crippen LogP contribution in [-0.2, 0) is 4.74 Å². The van der Waals surface area contributed by atoms with Crippen molar-refractivity contribution in [2.45, 2.75) is 39.9 Å².